The van der Waals surface area contributed by atoms with Crippen molar-refractivity contribution < 1.29 is 19.1 Å². The van der Waals surface area contributed by atoms with Crippen LogP contribution in [0.25, 0.3) is 0 Å². The third-order valence-electron chi connectivity index (χ3n) is 3.07. The van der Waals surface area contributed by atoms with Crippen molar-refractivity contribution in [1.29, 1.82) is 0 Å². The molecule has 0 amide bonds. The molecule has 8 heteroatoms. The van der Waals surface area contributed by atoms with Crippen LogP contribution in [-0.4, -0.2) is 49.2 Å². The summed E-state index contributed by atoms with van der Waals surface area (Å²) in [5.74, 6) is 0.888. The molecule has 0 aliphatic carbocycles. The molecule has 20 heavy (non-hydrogen) atoms. The van der Waals surface area contributed by atoms with Gasteiger partial charge in [0, 0.05) is 0 Å². The fraction of sp³-hybridized carbons (Fsp3) is 0.417. The molecule has 2 aliphatic heterocycles. The van der Waals surface area contributed by atoms with E-state index in [0.717, 1.165) is 0 Å². The van der Waals surface area contributed by atoms with Crippen molar-refractivity contribution in [2.45, 2.75) is 0 Å². The standard InChI is InChI=1S/C12H13N3O5/c16-15(17)10-6-12-11(19-8-20-12)5-9(10)7-13-14-1-3-18-4-2-14/h5-7H,1-4,8H2/b13-7-. The van der Waals surface area contributed by atoms with E-state index >= 15 is 0 Å². The maximum atomic E-state index is 11.1. The number of fused-ring (bicyclic) bond motifs is 1. The number of benzene rings is 1. The Labute approximate surface area is 114 Å². The van der Waals surface area contributed by atoms with Crippen LogP contribution < -0.4 is 9.47 Å². The van der Waals surface area contributed by atoms with Crippen LogP contribution in [0.3, 0.4) is 0 Å². The first-order valence-corrected chi connectivity index (χ1v) is 6.19. The summed E-state index contributed by atoms with van der Waals surface area (Å²) in [7, 11) is 0. The molecule has 3 rings (SSSR count). The molecule has 0 N–H and O–H groups in total. The number of nitro groups is 1. The summed E-state index contributed by atoms with van der Waals surface area (Å²) < 4.78 is 15.6. The minimum Gasteiger partial charge on any atom is -0.454 e. The molecule has 2 heterocycles. The second-order valence-corrected chi connectivity index (χ2v) is 4.33. The van der Waals surface area contributed by atoms with Gasteiger partial charge in [0.05, 0.1) is 49.1 Å². The van der Waals surface area contributed by atoms with Gasteiger partial charge in [-0.2, -0.15) is 5.10 Å². The van der Waals surface area contributed by atoms with Gasteiger partial charge in [0.25, 0.3) is 5.69 Å². The van der Waals surface area contributed by atoms with E-state index in [4.69, 9.17) is 14.2 Å². The monoisotopic (exact) mass is 279 g/mol. The van der Waals surface area contributed by atoms with Crippen molar-refractivity contribution in [1.82, 2.24) is 5.01 Å². The van der Waals surface area contributed by atoms with Gasteiger partial charge >= 0.3 is 0 Å². The predicted molar refractivity (Wildman–Crippen MR) is 69.2 cm³/mol. The van der Waals surface area contributed by atoms with Gasteiger partial charge in [-0.1, -0.05) is 0 Å². The number of rotatable bonds is 3. The topological polar surface area (TPSA) is 86.4 Å². The molecule has 0 aromatic heterocycles. The Hall–Kier alpha value is -2.35. The molecular weight excluding hydrogens is 266 g/mol. The van der Waals surface area contributed by atoms with Gasteiger partial charge in [-0.25, -0.2) is 0 Å². The number of nitro benzene ring substituents is 1. The summed E-state index contributed by atoms with van der Waals surface area (Å²) in [6.45, 7) is 2.65. The fourth-order valence-corrected chi connectivity index (χ4v) is 2.02. The molecular formula is C12H13N3O5. The molecule has 1 saturated heterocycles. The lowest BCUT2D eigenvalue weighted by Crippen LogP contribution is -2.32. The summed E-state index contributed by atoms with van der Waals surface area (Å²) in [5, 5.41) is 17.2. The lowest BCUT2D eigenvalue weighted by Gasteiger charge is -2.23. The molecule has 1 aromatic rings. The first-order valence-electron chi connectivity index (χ1n) is 6.19. The minimum absolute atomic E-state index is 0.0498. The van der Waals surface area contributed by atoms with Crippen molar-refractivity contribution in [3.05, 3.63) is 27.8 Å². The molecule has 1 aromatic carbocycles. The Morgan fingerprint density at radius 3 is 2.65 bits per heavy atom. The van der Waals surface area contributed by atoms with Crippen LogP contribution in [0.4, 0.5) is 5.69 Å². The van der Waals surface area contributed by atoms with E-state index in [9.17, 15) is 10.1 Å². The lowest BCUT2D eigenvalue weighted by atomic mass is 10.1. The number of ether oxygens (including phenoxy) is 3. The lowest BCUT2D eigenvalue weighted by molar-refractivity contribution is -0.385. The summed E-state index contributed by atoms with van der Waals surface area (Å²) >= 11 is 0. The van der Waals surface area contributed by atoms with Gasteiger partial charge in [0.2, 0.25) is 6.79 Å². The van der Waals surface area contributed by atoms with Gasteiger partial charge in [0.1, 0.15) is 0 Å². The maximum absolute atomic E-state index is 11.1. The van der Waals surface area contributed by atoms with Gasteiger partial charge in [0.15, 0.2) is 11.5 Å². The van der Waals surface area contributed by atoms with Gasteiger partial charge in [-0.15, -0.1) is 0 Å². The van der Waals surface area contributed by atoms with Crippen molar-refractivity contribution in [2.24, 2.45) is 5.10 Å². The minimum atomic E-state index is -0.456. The highest BCUT2D eigenvalue weighted by molar-refractivity contribution is 5.87. The van der Waals surface area contributed by atoms with Gasteiger partial charge in [-0.3, -0.25) is 15.1 Å². The molecule has 0 saturated carbocycles. The highest BCUT2D eigenvalue weighted by Crippen LogP contribution is 2.37. The Bertz CT molecular complexity index is 554. The molecule has 1 fully saturated rings. The first kappa shape index (κ1) is 12.7. The molecule has 106 valence electrons. The highest BCUT2D eigenvalue weighted by atomic mass is 16.7. The van der Waals surface area contributed by atoms with E-state index in [1.165, 1.54) is 12.3 Å². The smallest absolute Gasteiger partial charge is 0.282 e. The average Bonchev–Trinajstić information content (AvgIpc) is 2.92. The second kappa shape index (κ2) is 5.33. The van der Waals surface area contributed by atoms with Crippen LogP contribution in [0.5, 0.6) is 11.5 Å². The van der Waals surface area contributed by atoms with Crippen molar-refractivity contribution in [3.63, 3.8) is 0 Å². The third-order valence-corrected chi connectivity index (χ3v) is 3.07. The molecule has 0 unspecified atom stereocenters. The largest absolute Gasteiger partial charge is 0.454 e. The summed E-state index contributed by atoms with van der Waals surface area (Å²) in [4.78, 5) is 10.6. The number of morpholine rings is 1. The number of hydrazone groups is 1. The third kappa shape index (κ3) is 2.50. The van der Waals surface area contributed by atoms with Crippen LogP contribution in [0, 0.1) is 10.1 Å². The van der Waals surface area contributed by atoms with Crippen molar-refractivity contribution in [3.8, 4) is 11.5 Å². The Morgan fingerprint density at radius 1 is 1.25 bits per heavy atom. The molecule has 0 spiro atoms. The van der Waals surface area contributed by atoms with Gasteiger partial charge in [-0.05, 0) is 6.07 Å². The van der Waals surface area contributed by atoms with Crippen LogP contribution in [0.2, 0.25) is 0 Å². The second-order valence-electron chi connectivity index (χ2n) is 4.33. The zero-order valence-electron chi connectivity index (χ0n) is 10.7. The van der Waals surface area contributed by atoms with E-state index in [0.29, 0.717) is 43.4 Å². The van der Waals surface area contributed by atoms with E-state index < -0.39 is 4.92 Å². The van der Waals surface area contributed by atoms with Crippen molar-refractivity contribution >= 4 is 11.9 Å². The Balaban J connectivity index is 1.87. The number of hydrogen-bond acceptors (Lipinski definition) is 7. The fourth-order valence-electron chi connectivity index (χ4n) is 2.02. The maximum Gasteiger partial charge on any atom is 0.282 e. The normalized spacial score (nSPS) is 17.7. The molecule has 0 atom stereocenters. The number of hydrogen-bond donors (Lipinski definition) is 0. The van der Waals surface area contributed by atoms with Crippen LogP contribution >= 0.6 is 0 Å². The molecule has 2 aliphatic rings. The summed E-state index contributed by atoms with van der Waals surface area (Å²) in [6.07, 6.45) is 1.48. The Kier molecular flexibility index (Phi) is 3.38. The molecule has 8 nitrogen and oxygen atoms in total. The van der Waals surface area contributed by atoms with Crippen LogP contribution in [0.15, 0.2) is 17.2 Å². The quantitative estimate of drug-likeness (QED) is 0.466. The van der Waals surface area contributed by atoms with E-state index in [-0.39, 0.29) is 12.5 Å². The zero-order chi connectivity index (χ0) is 13.9. The number of nitrogens with zero attached hydrogens (tertiary/aromatic N) is 3. The van der Waals surface area contributed by atoms with Gasteiger partial charge < -0.3 is 14.2 Å². The highest BCUT2D eigenvalue weighted by Gasteiger charge is 2.22. The van der Waals surface area contributed by atoms with E-state index in [2.05, 4.69) is 5.10 Å². The van der Waals surface area contributed by atoms with Crippen LogP contribution in [0.1, 0.15) is 5.56 Å². The molecule has 0 bridgehead atoms. The van der Waals surface area contributed by atoms with E-state index in [1.807, 2.05) is 5.01 Å². The first-order chi connectivity index (χ1) is 9.74. The predicted octanol–water partition coefficient (Wildman–Crippen LogP) is 0.990. The Morgan fingerprint density at radius 2 is 1.95 bits per heavy atom. The average molecular weight is 279 g/mol. The zero-order valence-corrected chi connectivity index (χ0v) is 10.7. The SMILES string of the molecule is O=[N+]([O-])c1cc2c(cc1/C=N\N1CCOCC1)OCO2. The summed E-state index contributed by atoms with van der Waals surface area (Å²) in [5.41, 5.74) is 0.344. The summed E-state index contributed by atoms with van der Waals surface area (Å²) in [6, 6.07) is 2.94. The van der Waals surface area contributed by atoms with Crippen LogP contribution in [-0.2, 0) is 4.74 Å². The van der Waals surface area contributed by atoms with Crippen molar-refractivity contribution in [2.75, 3.05) is 33.1 Å². The van der Waals surface area contributed by atoms with E-state index in [1.54, 1.807) is 6.07 Å². The molecule has 0 radical (unpaired) electrons.